The molecule has 1 aliphatic heterocycles. The lowest BCUT2D eigenvalue weighted by molar-refractivity contribution is 0.210. The normalized spacial score (nSPS) is 24.2. The van der Waals surface area contributed by atoms with Crippen LogP contribution in [0.3, 0.4) is 0 Å². The van der Waals surface area contributed by atoms with Crippen LogP contribution in [0, 0.1) is 5.92 Å². The Morgan fingerprint density at radius 1 is 1.58 bits per heavy atom. The second-order valence-corrected chi connectivity index (χ2v) is 4.71. The monoisotopic (exact) mass is 209 g/mol. The van der Waals surface area contributed by atoms with Gasteiger partial charge in [-0.05, 0) is 31.7 Å². The summed E-state index contributed by atoms with van der Waals surface area (Å²) in [7, 11) is -0.797. The lowest BCUT2D eigenvalue weighted by Gasteiger charge is -2.29. The Morgan fingerprint density at radius 2 is 2.17 bits per heavy atom. The van der Waals surface area contributed by atoms with Gasteiger partial charge in [-0.2, -0.15) is 0 Å². The van der Waals surface area contributed by atoms with Gasteiger partial charge in [-0.15, -0.1) is 0 Å². The molecule has 0 aliphatic carbocycles. The second kappa shape index (κ2) is 5.21. The Kier molecular flexibility index (Phi) is 4.56. The highest BCUT2D eigenvalue weighted by molar-refractivity contribution is 7.81. The van der Waals surface area contributed by atoms with Gasteiger partial charge in [0.05, 0.1) is 17.6 Å². The highest BCUT2D eigenvalue weighted by atomic mass is 32.2. The van der Waals surface area contributed by atoms with Crippen molar-refractivity contribution in [1.82, 2.24) is 4.31 Å². The zero-order valence-electron chi connectivity index (χ0n) is 7.23. The van der Waals surface area contributed by atoms with Gasteiger partial charge < -0.3 is 4.18 Å². The third-order valence-electron chi connectivity index (χ3n) is 2.25. The minimum absolute atomic E-state index is 0.599. The van der Waals surface area contributed by atoms with Crippen LogP contribution in [-0.4, -0.2) is 34.5 Å². The summed E-state index contributed by atoms with van der Waals surface area (Å²) in [5.41, 5.74) is 0. The summed E-state index contributed by atoms with van der Waals surface area (Å²) in [6.45, 7) is 2.56. The molecule has 0 spiro atoms. The van der Waals surface area contributed by atoms with Crippen molar-refractivity contribution in [2.24, 2.45) is 5.92 Å². The molecule has 0 N–H and O–H groups in total. The van der Waals surface area contributed by atoms with Gasteiger partial charge in [0, 0.05) is 19.3 Å². The Morgan fingerprint density at radius 3 is 2.58 bits per heavy atom. The molecule has 1 aliphatic rings. The first kappa shape index (κ1) is 10.5. The number of hydrogen-bond donors (Lipinski definition) is 1. The minimum Gasteiger partial charge on any atom is -0.318 e. The lowest BCUT2D eigenvalue weighted by Crippen LogP contribution is -2.35. The van der Waals surface area contributed by atoms with Crippen molar-refractivity contribution in [3.8, 4) is 0 Å². The molecular formula is C7H15NO2S2. The molecule has 5 heteroatoms. The van der Waals surface area contributed by atoms with Crippen molar-refractivity contribution in [3.05, 3.63) is 0 Å². The van der Waals surface area contributed by atoms with Crippen LogP contribution >= 0.6 is 12.9 Å². The van der Waals surface area contributed by atoms with E-state index in [1.807, 2.05) is 4.31 Å². The van der Waals surface area contributed by atoms with Gasteiger partial charge in [-0.3, -0.25) is 0 Å². The molecule has 0 bridgehead atoms. The molecular weight excluding hydrogens is 194 g/mol. The minimum atomic E-state index is -0.797. The smallest absolute Gasteiger partial charge is 0.0910 e. The number of rotatable bonds is 3. The van der Waals surface area contributed by atoms with Crippen molar-refractivity contribution in [3.63, 3.8) is 0 Å². The Hall–Kier alpha value is 0.420. The Balaban J connectivity index is 2.25. The highest BCUT2D eigenvalue weighted by Crippen LogP contribution is 2.18. The van der Waals surface area contributed by atoms with Gasteiger partial charge in [0.25, 0.3) is 0 Å². The average molecular weight is 209 g/mol. The maximum Gasteiger partial charge on any atom is 0.0910 e. The summed E-state index contributed by atoms with van der Waals surface area (Å²) in [6, 6.07) is 0. The largest absolute Gasteiger partial charge is 0.318 e. The first-order valence-corrected chi connectivity index (χ1v) is 5.97. The quantitative estimate of drug-likeness (QED) is 0.552. The third-order valence-corrected chi connectivity index (χ3v) is 3.49. The van der Waals surface area contributed by atoms with Gasteiger partial charge in [0.2, 0.25) is 0 Å². The molecule has 1 atom stereocenters. The van der Waals surface area contributed by atoms with E-state index in [1.54, 1.807) is 6.26 Å². The van der Waals surface area contributed by atoms with Crippen LogP contribution in [0.2, 0.25) is 0 Å². The summed E-state index contributed by atoms with van der Waals surface area (Å²) < 4.78 is 17.8. The van der Waals surface area contributed by atoms with E-state index < -0.39 is 11.0 Å². The maximum absolute atomic E-state index is 11.1. The highest BCUT2D eigenvalue weighted by Gasteiger charge is 2.20. The number of hydrogen-bond acceptors (Lipinski definition) is 3. The Labute approximate surface area is 81.7 Å². The molecule has 1 rings (SSSR count). The van der Waals surface area contributed by atoms with E-state index in [0.29, 0.717) is 12.5 Å². The third kappa shape index (κ3) is 3.05. The molecule has 0 aromatic rings. The molecule has 0 saturated carbocycles. The van der Waals surface area contributed by atoms with Crippen molar-refractivity contribution in [2.75, 3.05) is 26.0 Å². The van der Waals surface area contributed by atoms with Crippen LogP contribution in [0.4, 0.5) is 0 Å². The average Bonchev–Trinajstić information content (AvgIpc) is 2.06. The van der Waals surface area contributed by atoms with Crippen LogP contribution in [0.25, 0.3) is 0 Å². The fourth-order valence-electron chi connectivity index (χ4n) is 1.44. The maximum atomic E-state index is 11.1. The van der Waals surface area contributed by atoms with Crippen molar-refractivity contribution in [1.29, 1.82) is 0 Å². The van der Waals surface area contributed by atoms with Crippen LogP contribution in [0.5, 0.6) is 0 Å². The zero-order valence-corrected chi connectivity index (χ0v) is 8.94. The second-order valence-electron chi connectivity index (χ2n) is 3.09. The summed E-state index contributed by atoms with van der Waals surface area (Å²) >= 11 is 3.72. The first-order valence-electron chi connectivity index (χ1n) is 4.09. The number of piperidine rings is 1. The summed E-state index contributed by atoms with van der Waals surface area (Å²) in [5, 5.41) is 0. The summed E-state index contributed by atoms with van der Waals surface area (Å²) in [4.78, 5) is 0. The zero-order chi connectivity index (χ0) is 8.97. The molecule has 0 amide bonds. The van der Waals surface area contributed by atoms with E-state index in [9.17, 15) is 4.21 Å². The molecule has 0 radical (unpaired) electrons. The predicted octanol–water partition coefficient (Wildman–Crippen LogP) is 0.853. The van der Waals surface area contributed by atoms with Crippen molar-refractivity contribution < 1.29 is 8.39 Å². The lowest BCUT2D eigenvalue weighted by atomic mass is 10.00. The molecule has 0 aromatic heterocycles. The molecule has 1 heterocycles. The van der Waals surface area contributed by atoms with Gasteiger partial charge in [-0.25, -0.2) is 8.51 Å². The van der Waals surface area contributed by atoms with Crippen LogP contribution in [0.15, 0.2) is 0 Å². The SMILES string of the molecule is CS(=O)N1CCC(COS)CC1. The molecule has 0 aromatic carbocycles. The number of nitrogens with zero attached hydrogens (tertiary/aromatic N) is 1. The topological polar surface area (TPSA) is 29.5 Å². The standard InChI is InChI=1S/C7H15NO2S2/c1-12(9)8-4-2-7(3-5-8)6-10-11/h7,11H,2-6H2,1H3. The van der Waals surface area contributed by atoms with Gasteiger partial charge in [-0.1, -0.05) is 0 Å². The predicted molar refractivity (Wildman–Crippen MR) is 53.3 cm³/mol. The van der Waals surface area contributed by atoms with Crippen molar-refractivity contribution in [2.45, 2.75) is 12.8 Å². The number of thiol groups is 1. The van der Waals surface area contributed by atoms with E-state index in [2.05, 4.69) is 12.9 Å². The van der Waals surface area contributed by atoms with E-state index in [0.717, 1.165) is 25.9 Å². The summed E-state index contributed by atoms with van der Waals surface area (Å²) in [5.74, 6) is 0.599. The van der Waals surface area contributed by atoms with E-state index in [-0.39, 0.29) is 0 Å². The van der Waals surface area contributed by atoms with Gasteiger partial charge in [0.1, 0.15) is 0 Å². The van der Waals surface area contributed by atoms with E-state index >= 15 is 0 Å². The van der Waals surface area contributed by atoms with Crippen LogP contribution < -0.4 is 0 Å². The first-order chi connectivity index (χ1) is 5.74. The van der Waals surface area contributed by atoms with Crippen LogP contribution in [-0.2, 0) is 15.2 Å². The molecule has 1 fully saturated rings. The fraction of sp³-hybridized carbons (Fsp3) is 1.00. The molecule has 3 nitrogen and oxygen atoms in total. The van der Waals surface area contributed by atoms with Crippen LogP contribution in [0.1, 0.15) is 12.8 Å². The van der Waals surface area contributed by atoms with Crippen molar-refractivity contribution >= 4 is 23.9 Å². The Bertz CT molecular complexity index is 157. The van der Waals surface area contributed by atoms with E-state index in [1.165, 1.54) is 0 Å². The molecule has 1 saturated heterocycles. The van der Waals surface area contributed by atoms with E-state index in [4.69, 9.17) is 4.18 Å². The molecule has 1 unspecified atom stereocenters. The van der Waals surface area contributed by atoms with Gasteiger partial charge in [0.15, 0.2) is 0 Å². The molecule has 72 valence electrons. The fourth-order valence-corrected chi connectivity index (χ4v) is 2.37. The van der Waals surface area contributed by atoms with Gasteiger partial charge >= 0.3 is 0 Å². The molecule has 12 heavy (non-hydrogen) atoms. The summed E-state index contributed by atoms with van der Waals surface area (Å²) in [6.07, 6.45) is 3.87.